The maximum Gasteiger partial charge on any atom is 0.227 e. The Morgan fingerprint density at radius 3 is 2.83 bits per heavy atom. The van der Waals surface area contributed by atoms with Crippen LogP contribution in [0.25, 0.3) is 0 Å². The van der Waals surface area contributed by atoms with Crippen LogP contribution in [0, 0.1) is 0 Å². The maximum absolute atomic E-state index is 10.5. The van der Waals surface area contributed by atoms with Crippen LogP contribution in [0.3, 0.4) is 0 Å². The lowest BCUT2D eigenvalue weighted by Crippen LogP contribution is -2.04. The summed E-state index contributed by atoms with van der Waals surface area (Å²) in [6.45, 7) is 1.29. The predicted molar refractivity (Wildman–Crippen MR) is 64.8 cm³/mol. The lowest BCUT2D eigenvalue weighted by atomic mass is 10.4. The molecule has 0 fully saturated rings. The van der Waals surface area contributed by atoms with Crippen LogP contribution in [0.5, 0.6) is 0 Å². The Balaban J connectivity index is 1.99. The van der Waals surface area contributed by atoms with E-state index in [0.29, 0.717) is 30.9 Å². The number of hydrogen-bond acceptors (Lipinski definition) is 6. The Kier molecular flexibility index (Phi) is 3.98. The molecule has 0 saturated carbocycles. The first-order chi connectivity index (χ1) is 8.81. The molecule has 0 aliphatic carbocycles. The molecule has 0 spiro atoms. The van der Waals surface area contributed by atoms with Crippen LogP contribution in [0.15, 0.2) is 24.8 Å². The second kappa shape index (κ2) is 5.87. The van der Waals surface area contributed by atoms with Gasteiger partial charge in [-0.2, -0.15) is 5.10 Å². The fraction of sp³-hybridized carbons (Fsp3) is 0.273. The van der Waals surface area contributed by atoms with E-state index in [1.54, 1.807) is 18.0 Å². The van der Waals surface area contributed by atoms with Crippen molar-refractivity contribution in [1.29, 1.82) is 0 Å². The highest BCUT2D eigenvalue weighted by Gasteiger charge is 2.01. The minimum atomic E-state index is 0.423. The number of rotatable bonds is 6. The number of methoxy groups -OCH3 is 1. The maximum atomic E-state index is 10.5. The molecule has 0 radical (unpaired) electrons. The smallest absolute Gasteiger partial charge is 0.227 e. The molecule has 0 atom stereocenters. The zero-order chi connectivity index (χ0) is 12.8. The number of aldehydes is 1. The molecule has 94 valence electrons. The normalized spacial score (nSPS) is 10.3. The van der Waals surface area contributed by atoms with Gasteiger partial charge >= 0.3 is 0 Å². The van der Waals surface area contributed by atoms with E-state index in [-0.39, 0.29) is 0 Å². The number of carbonyl (C=O) groups excluding carboxylic acids is 1. The number of ether oxygens (including phenoxy) is 1. The van der Waals surface area contributed by atoms with Crippen LogP contribution in [-0.4, -0.2) is 39.8 Å². The minimum absolute atomic E-state index is 0.423. The summed E-state index contributed by atoms with van der Waals surface area (Å²) >= 11 is 0. The first kappa shape index (κ1) is 12.2. The summed E-state index contributed by atoms with van der Waals surface area (Å²) in [6.07, 6.45) is 7.12. The van der Waals surface area contributed by atoms with Crippen LogP contribution in [-0.2, 0) is 11.3 Å². The van der Waals surface area contributed by atoms with Gasteiger partial charge in [0.25, 0.3) is 0 Å². The number of anilines is 2. The number of nitrogens with one attached hydrogen (secondary N) is 1. The van der Waals surface area contributed by atoms with Crippen LogP contribution in [0.4, 0.5) is 11.6 Å². The topological polar surface area (TPSA) is 81.9 Å². The monoisotopic (exact) mass is 247 g/mol. The molecule has 0 aliphatic rings. The molecule has 2 heterocycles. The summed E-state index contributed by atoms with van der Waals surface area (Å²) < 4.78 is 6.72. The standard InChI is InChI=1S/C11H13N5O2/c1-18-3-2-16-7-10(6-14-16)15-11-12-4-9(8-17)5-13-11/h4-8H,2-3H2,1H3,(H,12,13,15). The molecule has 7 nitrogen and oxygen atoms in total. The molecule has 0 amide bonds. The molecule has 2 aromatic heterocycles. The predicted octanol–water partition coefficient (Wildman–Crippen LogP) is 0.876. The van der Waals surface area contributed by atoms with E-state index < -0.39 is 0 Å². The zero-order valence-electron chi connectivity index (χ0n) is 9.91. The van der Waals surface area contributed by atoms with Crippen LogP contribution in [0.2, 0.25) is 0 Å². The van der Waals surface area contributed by atoms with E-state index in [1.165, 1.54) is 12.4 Å². The third-order valence-electron chi connectivity index (χ3n) is 2.22. The summed E-state index contributed by atoms with van der Waals surface area (Å²) in [4.78, 5) is 18.5. The summed E-state index contributed by atoms with van der Waals surface area (Å²) in [5.41, 5.74) is 1.22. The summed E-state index contributed by atoms with van der Waals surface area (Å²) in [5.74, 6) is 0.423. The van der Waals surface area contributed by atoms with E-state index >= 15 is 0 Å². The number of nitrogens with zero attached hydrogens (tertiary/aromatic N) is 4. The number of aromatic nitrogens is 4. The molecule has 18 heavy (non-hydrogen) atoms. The quantitative estimate of drug-likeness (QED) is 0.763. The third-order valence-corrected chi connectivity index (χ3v) is 2.22. The van der Waals surface area contributed by atoms with Gasteiger partial charge in [0.15, 0.2) is 6.29 Å². The summed E-state index contributed by atoms with van der Waals surface area (Å²) in [6, 6.07) is 0. The van der Waals surface area contributed by atoms with E-state index in [1.807, 2.05) is 6.20 Å². The van der Waals surface area contributed by atoms with Crippen molar-refractivity contribution in [2.75, 3.05) is 19.0 Å². The van der Waals surface area contributed by atoms with Crippen LogP contribution < -0.4 is 5.32 Å². The molecule has 0 aromatic carbocycles. The third kappa shape index (κ3) is 3.11. The minimum Gasteiger partial charge on any atom is -0.383 e. The number of hydrogen-bond donors (Lipinski definition) is 1. The Morgan fingerprint density at radius 1 is 1.39 bits per heavy atom. The Morgan fingerprint density at radius 2 is 2.17 bits per heavy atom. The Labute approximate surface area is 104 Å². The molecule has 2 rings (SSSR count). The summed E-state index contributed by atoms with van der Waals surface area (Å²) in [5, 5.41) is 7.14. The van der Waals surface area contributed by atoms with Crippen molar-refractivity contribution in [3.8, 4) is 0 Å². The van der Waals surface area contributed by atoms with Crippen LogP contribution >= 0.6 is 0 Å². The van der Waals surface area contributed by atoms with Gasteiger partial charge in [-0.25, -0.2) is 9.97 Å². The lowest BCUT2D eigenvalue weighted by Gasteiger charge is -2.01. The lowest BCUT2D eigenvalue weighted by molar-refractivity contribution is 0.112. The van der Waals surface area contributed by atoms with Gasteiger partial charge in [-0.1, -0.05) is 0 Å². The van der Waals surface area contributed by atoms with Gasteiger partial charge < -0.3 is 10.1 Å². The van der Waals surface area contributed by atoms with Crippen molar-refractivity contribution in [2.45, 2.75) is 6.54 Å². The first-order valence-electron chi connectivity index (χ1n) is 5.37. The molecule has 0 aliphatic heterocycles. The van der Waals surface area contributed by atoms with Crippen molar-refractivity contribution in [3.63, 3.8) is 0 Å². The van der Waals surface area contributed by atoms with Crippen molar-refractivity contribution in [3.05, 3.63) is 30.4 Å². The molecule has 0 unspecified atom stereocenters. The number of carbonyl (C=O) groups is 1. The Hall–Kier alpha value is -2.28. The van der Waals surface area contributed by atoms with Crippen molar-refractivity contribution in [1.82, 2.24) is 19.7 Å². The van der Waals surface area contributed by atoms with Gasteiger partial charge in [0, 0.05) is 25.7 Å². The van der Waals surface area contributed by atoms with E-state index in [0.717, 1.165) is 5.69 Å². The van der Waals surface area contributed by atoms with Crippen molar-refractivity contribution >= 4 is 17.9 Å². The molecule has 7 heteroatoms. The average molecular weight is 247 g/mol. The largest absolute Gasteiger partial charge is 0.383 e. The SMILES string of the molecule is COCCn1cc(Nc2ncc(C=O)cn2)cn1. The van der Waals surface area contributed by atoms with Gasteiger partial charge in [0.05, 0.1) is 30.6 Å². The molecular formula is C11H13N5O2. The van der Waals surface area contributed by atoms with Crippen LogP contribution in [0.1, 0.15) is 10.4 Å². The van der Waals surface area contributed by atoms with Gasteiger partial charge in [0.1, 0.15) is 0 Å². The van der Waals surface area contributed by atoms with Gasteiger partial charge in [-0.15, -0.1) is 0 Å². The molecule has 1 N–H and O–H groups in total. The highest BCUT2D eigenvalue weighted by molar-refractivity contribution is 5.73. The van der Waals surface area contributed by atoms with Crippen molar-refractivity contribution in [2.24, 2.45) is 0 Å². The first-order valence-corrected chi connectivity index (χ1v) is 5.37. The van der Waals surface area contributed by atoms with E-state index in [9.17, 15) is 4.79 Å². The van der Waals surface area contributed by atoms with Gasteiger partial charge in [0.2, 0.25) is 5.95 Å². The molecule has 0 bridgehead atoms. The Bertz CT molecular complexity index is 508. The molecular weight excluding hydrogens is 234 g/mol. The zero-order valence-corrected chi connectivity index (χ0v) is 9.91. The fourth-order valence-corrected chi connectivity index (χ4v) is 1.33. The highest BCUT2D eigenvalue weighted by Crippen LogP contribution is 2.10. The molecule has 2 aromatic rings. The van der Waals surface area contributed by atoms with Gasteiger partial charge in [-0.05, 0) is 0 Å². The van der Waals surface area contributed by atoms with Crippen molar-refractivity contribution < 1.29 is 9.53 Å². The highest BCUT2D eigenvalue weighted by atomic mass is 16.5. The van der Waals surface area contributed by atoms with E-state index in [2.05, 4.69) is 20.4 Å². The fourth-order valence-electron chi connectivity index (χ4n) is 1.33. The average Bonchev–Trinajstić information content (AvgIpc) is 2.85. The second-order valence-corrected chi connectivity index (χ2v) is 3.57. The van der Waals surface area contributed by atoms with E-state index in [4.69, 9.17) is 4.74 Å². The molecule has 0 saturated heterocycles. The van der Waals surface area contributed by atoms with Gasteiger partial charge in [-0.3, -0.25) is 9.48 Å². The summed E-state index contributed by atoms with van der Waals surface area (Å²) in [7, 11) is 1.64. The second-order valence-electron chi connectivity index (χ2n) is 3.57.